The lowest BCUT2D eigenvalue weighted by Crippen LogP contribution is -2.19. The molecule has 0 saturated carbocycles. The maximum atomic E-state index is 12.5. The summed E-state index contributed by atoms with van der Waals surface area (Å²) in [6, 6.07) is 0. The van der Waals surface area contributed by atoms with Crippen LogP contribution in [0.25, 0.3) is 0 Å². The molecule has 0 aliphatic rings. The second-order valence-corrected chi connectivity index (χ2v) is 6.43. The van der Waals surface area contributed by atoms with Crippen molar-refractivity contribution in [3.05, 3.63) is 23.1 Å². The number of nitrogens with one attached hydrogen (secondary N) is 4. The first-order valence-corrected chi connectivity index (χ1v) is 8.21. The molecule has 0 saturated heterocycles. The SMILES string of the molecule is CCCNCc1cn[nH]c1S(=O)(=O)Nc1c(C)n[nH]c1C. The van der Waals surface area contributed by atoms with E-state index in [1.165, 1.54) is 6.20 Å². The van der Waals surface area contributed by atoms with Crippen molar-refractivity contribution in [3.63, 3.8) is 0 Å². The van der Waals surface area contributed by atoms with Gasteiger partial charge in [-0.05, 0) is 26.8 Å². The summed E-state index contributed by atoms with van der Waals surface area (Å²) in [7, 11) is -3.72. The molecular formula is C12H20N6O2S. The summed E-state index contributed by atoms with van der Waals surface area (Å²) in [5.74, 6) is 0. The Labute approximate surface area is 123 Å². The summed E-state index contributed by atoms with van der Waals surface area (Å²) in [6.07, 6.45) is 2.50. The Morgan fingerprint density at radius 3 is 2.67 bits per heavy atom. The molecule has 9 heteroatoms. The van der Waals surface area contributed by atoms with E-state index in [0.717, 1.165) is 13.0 Å². The summed E-state index contributed by atoms with van der Waals surface area (Å²) in [4.78, 5) is 0. The highest BCUT2D eigenvalue weighted by molar-refractivity contribution is 7.92. The lowest BCUT2D eigenvalue weighted by atomic mass is 10.3. The van der Waals surface area contributed by atoms with Crippen LogP contribution in [0, 0.1) is 13.8 Å². The van der Waals surface area contributed by atoms with Crippen LogP contribution >= 0.6 is 0 Å². The van der Waals surface area contributed by atoms with Gasteiger partial charge in [0.25, 0.3) is 10.0 Å². The molecular weight excluding hydrogens is 292 g/mol. The predicted molar refractivity (Wildman–Crippen MR) is 79.5 cm³/mol. The largest absolute Gasteiger partial charge is 0.313 e. The minimum Gasteiger partial charge on any atom is -0.313 e. The highest BCUT2D eigenvalue weighted by Crippen LogP contribution is 2.21. The van der Waals surface area contributed by atoms with Gasteiger partial charge in [0.05, 0.1) is 23.3 Å². The number of aromatic amines is 2. The number of H-pyrrole nitrogens is 2. The molecule has 0 fully saturated rings. The molecule has 116 valence electrons. The van der Waals surface area contributed by atoms with Crippen molar-refractivity contribution in [2.24, 2.45) is 0 Å². The molecule has 8 nitrogen and oxygen atoms in total. The van der Waals surface area contributed by atoms with Crippen LogP contribution in [-0.2, 0) is 16.6 Å². The monoisotopic (exact) mass is 312 g/mol. The zero-order chi connectivity index (χ0) is 15.5. The lowest BCUT2D eigenvalue weighted by Gasteiger charge is -2.09. The Hall–Kier alpha value is -1.87. The maximum absolute atomic E-state index is 12.5. The van der Waals surface area contributed by atoms with Crippen LogP contribution in [0.3, 0.4) is 0 Å². The number of rotatable bonds is 7. The Bertz CT molecular complexity index is 684. The van der Waals surface area contributed by atoms with Crippen molar-refractivity contribution in [1.29, 1.82) is 0 Å². The van der Waals surface area contributed by atoms with Crippen LogP contribution in [0.4, 0.5) is 5.69 Å². The van der Waals surface area contributed by atoms with Crippen LogP contribution in [0.5, 0.6) is 0 Å². The number of nitrogens with zero attached hydrogens (tertiary/aromatic N) is 2. The van der Waals surface area contributed by atoms with Gasteiger partial charge < -0.3 is 5.32 Å². The molecule has 21 heavy (non-hydrogen) atoms. The minimum atomic E-state index is -3.72. The second kappa shape index (κ2) is 6.27. The molecule has 0 aromatic carbocycles. The molecule has 4 N–H and O–H groups in total. The smallest absolute Gasteiger partial charge is 0.279 e. The topological polar surface area (TPSA) is 116 Å². The third-order valence-corrected chi connectivity index (χ3v) is 4.42. The first-order valence-electron chi connectivity index (χ1n) is 6.73. The van der Waals surface area contributed by atoms with Gasteiger partial charge in [-0.1, -0.05) is 6.92 Å². The molecule has 0 amide bonds. The van der Waals surface area contributed by atoms with Gasteiger partial charge in [-0.15, -0.1) is 0 Å². The van der Waals surface area contributed by atoms with Crippen molar-refractivity contribution < 1.29 is 8.42 Å². The molecule has 0 atom stereocenters. The van der Waals surface area contributed by atoms with Gasteiger partial charge in [-0.2, -0.15) is 18.6 Å². The van der Waals surface area contributed by atoms with Crippen LogP contribution in [0.2, 0.25) is 0 Å². The third kappa shape index (κ3) is 3.42. The van der Waals surface area contributed by atoms with Crippen LogP contribution in [0.1, 0.15) is 30.3 Å². The van der Waals surface area contributed by atoms with E-state index in [1.807, 2.05) is 6.92 Å². The van der Waals surface area contributed by atoms with Crippen LogP contribution < -0.4 is 10.0 Å². The standard InChI is InChI=1S/C12H20N6O2S/c1-4-5-13-6-10-7-14-17-12(10)21(19,20)18-11-8(2)15-16-9(11)3/h7,13,18H,4-6H2,1-3H3,(H,14,17)(H,15,16). The van der Waals surface area contributed by atoms with Crippen molar-refractivity contribution in [1.82, 2.24) is 25.7 Å². The number of aromatic nitrogens is 4. The first kappa shape index (κ1) is 15.5. The van der Waals surface area contributed by atoms with Gasteiger partial charge in [0, 0.05) is 12.1 Å². The zero-order valence-electron chi connectivity index (χ0n) is 12.3. The van der Waals surface area contributed by atoms with Crippen LogP contribution in [0.15, 0.2) is 11.2 Å². The van der Waals surface area contributed by atoms with Gasteiger partial charge in [-0.25, -0.2) is 0 Å². The zero-order valence-corrected chi connectivity index (χ0v) is 13.1. The Balaban J connectivity index is 2.22. The average Bonchev–Trinajstić information content (AvgIpc) is 3.01. The fraction of sp³-hybridized carbons (Fsp3) is 0.500. The summed E-state index contributed by atoms with van der Waals surface area (Å²) in [5, 5.41) is 16.3. The van der Waals surface area contributed by atoms with Crippen molar-refractivity contribution in [2.75, 3.05) is 11.3 Å². The molecule has 0 bridgehead atoms. The summed E-state index contributed by atoms with van der Waals surface area (Å²) >= 11 is 0. The van der Waals surface area contributed by atoms with Gasteiger partial charge in [0.15, 0.2) is 5.03 Å². The van der Waals surface area contributed by atoms with E-state index in [0.29, 0.717) is 29.2 Å². The number of anilines is 1. The van der Waals surface area contributed by atoms with Crippen LogP contribution in [-0.4, -0.2) is 35.4 Å². The molecule has 2 rings (SSSR count). The number of sulfonamides is 1. The Kier molecular flexibility index (Phi) is 4.63. The second-order valence-electron chi connectivity index (χ2n) is 4.82. The minimum absolute atomic E-state index is 0.0751. The Morgan fingerprint density at radius 2 is 2.05 bits per heavy atom. The van der Waals surface area contributed by atoms with Crippen molar-refractivity contribution >= 4 is 15.7 Å². The summed E-state index contributed by atoms with van der Waals surface area (Å²) < 4.78 is 27.5. The average molecular weight is 312 g/mol. The molecule has 2 heterocycles. The van der Waals surface area contributed by atoms with Crippen molar-refractivity contribution in [2.45, 2.75) is 38.8 Å². The van der Waals surface area contributed by atoms with E-state index < -0.39 is 10.0 Å². The fourth-order valence-electron chi connectivity index (χ4n) is 1.94. The van der Waals surface area contributed by atoms with E-state index in [-0.39, 0.29) is 5.03 Å². The predicted octanol–water partition coefficient (Wildman–Crippen LogP) is 1.05. The number of hydrogen-bond acceptors (Lipinski definition) is 5. The quantitative estimate of drug-likeness (QED) is 0.570. The van der Waals surface area contributed by atoms with E-state index in [2.05, 4.69) is 30.4 Å². The Morgan fingerprint density at radius 1 is 1.29 bits per heavy atom. The fourth-order valence-corrected chi connectivity index (χ4v) is 3.26. The molecule has 2 aromatic rings. The lowest BCUT2D eigenvalue weighted by molar-refractivity contribution is 0.593. The molecule has 0 radical (unpaired) electrons. The number of aryl methyl sites for hydroxylation is 2. The summed E-state index contributed by atoms with van der Waals surface area (Å²) in [5.41, 5.74) is 2.34. The normalized spacial score (nSPS) is 11.8. The van der Waals surface area contributed by atoms with Gasteiger partial charge in [0.1, 0.15) is 0 Å². The first-order chi connectivity index (χ1) is 9.95. The van der Waals surface area contributed by atoms with E-state index in [4.69, 9.17) is 0 Å². The van der Waals surface area contributed by atoms with E-state index in [9.17, 15) is 8.42 Å². The molecule has 0 spiro atoms. The van der Waals surface area contributed by atoms with Crippen molar-refractivity contribution in [3.8, 4) is 0 Å². The number of hydrogen-bond donors (Lipinski definition) is 4. The highest BCUT2D eigenvalue weighted by Gasteiger charge is 2.23. The van der Waals surface area contributed by atoms with Gasteiger partial charge >= 0.3 is 0 Å². The molecule has 0 unspecified atom stereocenters. The van der Waals surface area contributed by atoms with Gasteiger partial charge in [0.2, 0.25) is 0 Å². The van der Waals surface area contributed by atoms with E-state index >= 15 is 0 Å². The summed E-state index contributed by atoms with van der Waals surface area (Å²) in [6.45, 7) is 6.81. The molecule has 0 aliphatic heterocycles. The third-order valence-electron chi connectivity index (χ3n) is 3.05. The van der Waals surface area contributed by atoms with Gasteiger partial charge in [-0.3, -0.25) is 14.9 Å². The highest BCUT2D eigenvalue weighted by atomic mass is 32.2. The molecule has 2 aromatic heterocycles. The maximum Gasteiger partial charge on any atom is 0.279 e. The molecule has 0 aliphatic carbocycles. The van der Waals surface area contributed by atoms with E-state index in [1.54, 1.807) is 13.8 Å².